The van der Waals surface area contributed by atoms with E-state index in [1.54, 1.807) is 43.2 Å². The van der Waals surface area contributed by atoms with Crippen LogP contribution in [0.3, 0.4) is 0 Å². The molecule has 0 unspecified atom stereocenters. The predicted octanol–water partition coefficient (Wildman–Crippen LogP) is 3.22. The quantitative estimate of drug-likeness (QED) is 0.722. The molecule has 1 aromatic heterocycles. The highest BCUT2D eigenvalue weighted by Gasteiger charge is 2.27. The molecule has 7 heteroatoms. The van der Waals surface area contributed by atoms with Gasteiger partial charge < -0.3 is 19.9 Å². The molecular weight excluding hydrogens is 346 g/mol. The fourth-order valence-electron chi connectivity index (χ4n) is 3.39. The third-order valence-corrected chi connectivity index (χ3v) is 4.67. The van der Waals surface area contributed by atoms with Crippen LogP contribution in [0.1, 0.15) is 15.9 Å². The van der Waals surface area contributed by atoms with Crippen molar-refractivity contribution < 1.29 is 19.4 Å². The Morgan fingerprint density at radius 3 is 2.37 bits per heavy atom. The first-order valence-corrected chi connectivity index (χ1v) is 8.55. The van der Waals surface area contributed by atoms with Gasteiger partial charge in [-0.1, -0.05) is 6.07 Å². The standard InChI is InChI=1S/C20H19N3O4/c1-26-15-4-3-5-16(27-2)17(15)18-14-10-11-21-19(14)23(22-18)13-8-6-12(7-9-13)20(24)25/h3-9,21H,10-11H2,1-2H3,(H,24,25). The van der Waals surface area contributed by atoms with Crippen molar-refractivity contribution in [1.82, 2.24) is 9.78 Å². The van der Waals surface area contributed by atoms with Gasteiger partial charge in [0, 0.05) is 12.1 Å². The van der Waals surface area contributed by atoms with Crippen LogP contribution < -0.4 is 14.8 Å². The highest BCUT2D eigenvalue weighted by molar-refractivity contribution is 5.88. The summed E-state index contributed by atoms with van der Waals surface area (Å²) in [6.07, 6.45) is 0.832. The number of aromatic carboxylic acids is 1. The minimum Gasteiger partial charge on any atom is -0.496 e. The van der Waals surface area contributed by atoms with Gasteiger partial charge in [-0.2, -0.15) is 5.10 Å². The second kappa shape index (κ2) is 6.68. The van der Waals surface area contributed by atoms with Crippen molar-refractivity contribution >= 4 is 11.8 Å². The first-order valence-electron chi connectivity index (χ1n) is 8.55. The zero-order valence-electron chi connectivity index (χ0n) is 15.0. The SMILES string of the molecule is COc1cccc(OC)c1-c1nn(-c2ccc(C(=O)O)cc2)c2c1CCN2. The molecule has 138 valence electrons. The van der Waals surface area contributed by atoms with Gasteiger partial charge in [-0.05, 0) is 42.8 Å². The lowest BCUT2D eigenvalue weighted by Crippen LogP contribution is -2.05. The van der Waals surface area contributed by atoms with Crippen molar-refractivity contribution in [3.8, 4) is 28.4 Å². The topological polar surface area (TPSA) is 85.6 Å². The molecule has 0 saturated carbocycles. The van der Waals surface area contributed by atoms with Crippen LogP contribution >= 0.6 is 0 Å². The van der Waals surface area contributed by atoms with Crippen LogP contribution in [-0.4, -0.2) is 41.6 Å². The maximum absolute atomic E-state index is 11.1. The summed E-state index contributed by atoms with van der Waals surface area (Å²) in [5.41, 5.74) is 3.71. The van der Waals surface area contributed by atoms with Gasteiger partial charge in [0.1, 0.15) is 23.0 Å². The van der Waals surface area contributed by atoms with Crippen LogP contribution in [0.2, 0.25) is 0 Å². The lowest BCUT2D eigenvalue weighted by Gasteiger charge is -2.12. The van der Waals surface area contributed by atoms with E-state index in [-0.39, 0.29) is 5.56 Å². The summed E-state index contributed by atoms with van der Waals surface area (Å²) >= 11 is 0. The number of ether oxygens (including phenoxy) is 2. The van der Waals surface area contributed by atoms with Crippen LogP contribution in [0.15, 0.2) is 42.5 Å². The van der Waals surface area contributed by atoms with Gasteiger partial charge in [-0.15, -0.1) is 0 Å². The lowest BCUT2D eigenvalue weighted by atomic mass is 10.0. The first-order chi connectivity index (χ1) is 13.1. The second-order valence-corrected chi connectivity index (χ2v) is 6.15. The zero-order chi connectivity index (χ0) is 19.0. The maximum Gasteiger partial charge on any atom is 0.335 e. The van der Waals surface area contributed by atoms with Gasteiger partial charge in [-0.25, -0.2) is 9.48 Å². The molecule has 0 bridgehead atoms. The third kappa shape index (κ3) is 2.77. The van der Waals surface area contributed by atoms with Crippen LogP contribution in [-0.2, 0) is 6.42 Å². The fraction of sp³-hybridized carbons (Fsp3) is 0.200. The number of hydrogen-bond acceptors (Lipinski definition) is 5. The molecule has 1 aliphatic rings. The fourth-order valence-corrected chi connectivity index (χ4v) is 3.39. The summed E-state index contributed by atoms with van der Waals surface area (Å²) < 4.78 is 12.9. The Kier molecular flexibility index (Phi) is 4.19. The molecule has 2 heterocycles. The number of carboxylic acids is 1. The van der Waals surface area contributed by atoms with Crippen LogP contribution in [0.5, 0.6) is 11.5 Å². The van der Waals surface area contributed by atoms with Crippen LogP contribution in [0.25, 0.3) is 16.9 Å². The van der Waals surface area contributed by atoms with Crippen molar-refractivity contribution in [3.05, 3.63) is 53.6 Å². The van der Waals surface area contributed by atoms with E-state index in [0.29, 0.717) is 11.5 Å². The first kappa shape index (κ1) is 17.0. The van der Waals surface area contributed by atoms with Crippen molar-refractivity contribution in [1.29, 1.82) is 0 Å². The summed E-state index contributed by atoms with van der Waals surface area (Å²) in [5.74, 6) is 1.33. The van der Waals surface area contributed by atoms with Gasteiger partial charge in [-0.3, -0.25) is 0 Å². The summed E-state index contributed by atoms with van der Waals surface area (Å²) in [6, 6.07) is 12.3. The van der Waals surface area contributed by atoms with Crippen molar-refractivity contribution in [2.24, 2.45) is 0 Å². The van der Waals surface area contributed by atoms with E-state index < -0.39 is 5.97 Å². The number of aromatic nitrogens is 2. The van der Waals surface area contributed by atoms with E-state index in [9.17, 15) is 4.79 Å². The molecule has 2 N–H and O–H groups in total. The van der Waals surface area contributed by atoms with Crippen LogP contribution in [0.4, 0.5) is 5.82 Å². The Morgan fingerprint density at radius 1 is 1.11 bits per heavy atom. The number of nitrogens with one attached hydrogen (secondary N) is 1. The molecule has 0 radical (unpaired) electrons. The summed E-state index contributed by atoms with van der Waals surface area (Å²) in [5, 5.41) is 17.3. The van der Waals surface area contributed by atoms with E-state index in [4.69, 9.17) is 19.7 Å². The summed E-state index contributed by atoms with van der Waals surface area (Å²) in [4.78, 5) is 11.1. The van der Waals surface area contributed by atoms with Gasteiger partial charge in [0.25, 0.3) is 0 Å². The normalized spacial score (nSPS) is 12.4. The highest BCUT2D eigenvalue weighted by Crippen LogP contribution is 2.43. The molecule has 0 amide bonds. The zero-order valence-corrected chi connectivity index (χ0v) is 15.0. The number of rotatable bonds is 5. The van der Waals surface area contributed by atoms with E-state index >= 15 is 0 Å². The summed E-state index contributed by atoms with van der Waals surface area (Å²) in [6.45, 7) is 0.810. The number of carboxylic acid groups (broad SMARTS) is 1. The number of hydrogen-bond donors (Lipinski definition) is 2. The second-order valence-electron chi connectivity index (χ2n) is 6.15. The predicted molar refractivity (Wildman–Crippen MR) is 101 cm³/mol. The Hall–Kier alpha value is -3.48. The molecule has 3 aromatic rings. The third-order valence-electron chi connectivity index (χ3n) is 4.67. The molecule has 0 atom stereocenters. The number of nitrogens with zero attached hydrogens (tertiary/aromatic N) is 2. The molecule has 0 fully saturated rings. The molecule has 7 nitrogen and oxygen atoms in total. The molecule has 0 spiro atoms. The van der Waals surface area contributed by atoms with Gasteiger partial charge in [0.15, 0.2) is 0 Å². The van der Waals surface area contributed by atoms with E-state index in [2.05, 4.69) is 5.32 Å². The van der Waals surface area contributed by atoms with E-state index in [0.717, 1.165) is 41.3 Å². The number of carbonyl (C=O) groups is 1. The minimum atomic E-state index is -0.954. The molecule has 0 aliphatic carbocycles. The molecule has 1 aliphatic heterocycles. The average molecular weight is 365 g/mol. The highest BCUT2D eigenvalue weighted by atomic mass is 16.5. The van der Waals surface area contributed by atoms with E-state index in [1.165, 1.54) is 0 Å². The Bertz CT molecular complexity index is 987. The van der Waals surface area contributed by atoms with Crippen molar-refractivity contribution in [2.45, 2.75) is 6.42 Å². The van der Waals surface area contributed by atoms with Gasteiger partial charge in [0.2, 0.25) is 0 Å². The van der Waals surface area contributed by atoms with Gasteiger partial charge in [0.05, 0.1) is 31.0 Å². The number of benzene rings is 2. The van der Waals surface area contributed by atoms with Crippen molar-refractivity contribution in [2.75, 3.05) is 26.1 Å². The monoisotopic (exact) mass is 365 g/mol. The van der Waals surface area contributed by atoms with E-state index in [1.807, 2.05) is 18.2 Å². The molecular formula is C20H19N3O4. The Balaban J connectivity index is 1.89. The lowest BCUT2D eigenvalue weighted by molar-refractivity contribution is 0.0697. The van der Waals surface area contributed by atoms with Crippen molar-refractivity contribution in [3.63, 3.8) is 0 Å². The minimum absolute atomic E-state index is 0.238. The Morgan fingerprint density at radius 2 is 1.78 bits per heavy atom. The largest absolute Gasteiger partial charge is 0.496 e. The molecule has 27 heavy (non-hydrogen) atoms. The smallest absolute Gasteiger partial charge is 0.335 e. The summed E-state index contributed by atoms with van der Waals surface area (Å²) in [7, 11) is 3.25. The average Bonchev–Trinajstić information content (AvgIpc) is 3.30. The Labute approximate surface area is 156 Å². The molecule has 2 aromatic carbocycles. The number of fused-ring (bicyclic) bond motifs is 1. The number of anilines is 1. The van der Waals surface area contributed by atoms with Gasteiger partial charge >= 0.3 is 5.97 Å². The molecule has 0 saturated heterocycles. The number of methoxy groups -OCH3 is 2. The van der Waals surface area contributed by atoms with Crippen LogP contribution in [0, 0.1) is 0 Å². The maximum atomic E-state index is 11.1. The molecule has 4 rings (SSSR count).